The number of hydrogen-bond donors (Lipinski definition) is 2. The van der Waals surface area contributed by atoms with Crippen LogP contribution in [0.4, 0.5) is 8.78 Å². The monoisotopic (exact) mass is 680 g/mol. The number of aliphatic hydroxyl groups excluding tert-OH is 1. The van der Waals surface area contributed by atoms with Gasteiger partial charge in [0.15, 0.2) is 11.7 Å². The molecule has 48 heavy (non-hydrogen) atoms. The number of aliphatic hydroxyl groups is 1. The topological polar surface area (TPSA) is 72.0 Å². The average Bonchev–Trinajstić information content (AvgIpc) is 3.10. The molecule has 0 saturated carbocycles. The summed E-state index contributed by atoms with van der Waals surface area (Å²) in [5, 5.41) is 7.88. The summed E-state index contributed by atoms with van der Waals surface area (Å²) in [4.78, 5) is 8.74. The fourth-order valence-electron chi connectivity index (χ4n) is 3.85. The summed E-state index contributed by atoms with van der Waals surface area (Å²) in [6.07, 6.45) is 22.5. The molecule has 282 valence electrons. The molecule has 0 spiro atoms. The Kier molecular flexibility index (Phi) is 48.8. The van der Waals surface area contributed by atoms with Gasteiger partial charge in [0, 0.05) is 6.61 Å². The lowest BCUT2D eigenvalue weighted by Crippen LogP contribution is -1.95. The number of rotatable bonds is 16. The summed E-state index contributed by atoms with van der Waals surface area (Å²) in [6.45, 7) is 32.6. The summed E-state index contributed by atoms with van der Waals surface area (Å²) >= 11 is 0. The number of halogens is 2. The third kappa shape index (κ3) is 38.0. The lowest BCUT2D eigenvalue weighted by Gasteiger charge is -2.05. The Labute approximate surface area is 298 Å². The Morgan fingerprint density at radius 1 is 0.812 bits per heavy atom. The van der Waals surface area contributed by atoms with Crippen molar-refractivity contribution in [3.8, 4) is 0 Å². The van der Waals surface area contributed by atoms with Gasteiger partial charge >= 0.3 is 0 Å². The Balaban J connectivity index is -0.000000164. The molecule has 1 aromatic heterocycles. The maximum Gasteiger partial charge on any atom is 0.159 e. The van der Waals surface area contributed by atoms with Crippen molar-refractivity contribution >= 4 is 5.57 Å². The molecule has 0 aromatic carbocycles. The molecule has 1 aromatic rings. The number of hydrogen-bond acceptors (Lipinski definition) is 4. The van der Waals surface area contributed by atoms with E-state index in [1.165, 1.54) is 76.5 Å². The second-order valence-corrected chi connectivity index (χ2v) is 11.8. The fraction of sp³-hybridized carbons (Fsp3) is 0.667. The van der Waals surface area contributed by atoms with Crippen molar-refractivity contribution in [2.24, 2.45) is 17.6 Å². The van der Waals surface area contributed by atoms with Crippen LogP contribution < -0.4 is 5.73 Å². The standard InChI is InChI=1S/C11H16N2.C10H12F2.C9H20.C8H18.C3H8O.CH5N/c1-5-6-8(2)11-7-12-9(3)10(4)13-11;1-4-8(5-2)7-10(12)9(11)6-3;1-4-6-7-8-9(3)5-2;1-4-6-8(3)7-5-2;1-2-3-4;1-2/h6-7H,5H2,1-4H3;4,6-7H,1,3,5H2,2H3;9H,4-8H2,1-3H3;8H,4-7H2,1-3H3;4H,2-3H2,1H3;2H2,1H3/b8-6-;8-7+,10-9-;;;;. The van der Waals surface area contributed by atoms with Crippen molar-refractivity contribution < 1.29 is 13.9 Å². The van der Waals surface area contributed by atoms with E-state index in [1.807, 2.05) is 33.9 Å². The number of aromatic nitrogens is 2. The van der Waals surface area contributed by atoms with Crippen LogP contribution in [0.3, 0.4) is 0 Å². The summed E-state index contributed by atoms with van der Waals surface area (Å²) in [7, 11) is 1.50. The Bertz CT molecular complexity index is 946. The van der Waals surface area contributed by atoms with Gasteiger partial charge in [-0.05, 0) is 82.2 Å². The van der Waals surface area contributed by atoms with Crippen LogP contribution in [0.15, 0.2) is 60.9 Å². The van der Waals surface area contributed by atoms with Crippen LogP contribution in [0.2, 0.25) is 0 Å². The van der Waals surface area contributed by atoms with Crippen molar-refractivity contribution in [3.63, 3.8) is 0 Å². The molecule has 4 nitrogen and oxygen atoms in total. The van der Waals surface area contributed by atoms with Crippen molar-refractivity contribution in [2.75, 3.05) is 13.7 Å². The van der Waals surface area contributed by atoms with Crippen LogP contribution in [0.5, 0.6) is 0 Å². The van der Waals surface area contributed by atoms with E-state index in [4.69, 9.17) is 5.11 Å². The second kappa shape index (κ2) is 42.6. The van der Waals surface area contributed by atoms with Gasteiger partial charge in [-0.25, -0.2) is 13.8 Å². The third-order valence-corrected chi connectivity index (χ3v) is 7.28. The molecule has 0 aliphatic carbocycles. The molecule has 1 atom stereocenters. The lowest BCUT2D eigenvalue weighted by molar-refractivity contribution is 0.295. The van der Waals surface area contributed by atoms with E-state index in [2.05, 4.69) is 90.3 Å². The molecule has 0 saturated heterocycles. The van der Waals surface area contributed by atoms with E-state index < -0.39 is 11.7 Å². The summed E-state index contributed by atoms with van der Waals surface area (Å²) < 4.78 is 25.2. The molecule has 0 bridgehead atoms. The van der Waals surface area contributed by atoms with Gasteiger partial charge in [0.2, 0.25) is 0 Å². The molecular weight excluding hydrogens is 600 g/mol. The minimum atomic E-state index is -0.942. The van der Waals surface area contributed by atoms with E-state index >= 15 is 0 Å². The van der Waals surface area contributed by atoms with E-state index in [-0.39, 0.29) is 0 Å². The average molecular weight is 680 g/mol. The van der Waals surface area contributed by atoms with E-state index in [9.17, 15) is 8.78 Å². The van der Waals surface area contributed by atoms with Crippen LogP contribution in [0.25, 0.3) is 5.57 Å². The highest BCUT2D eigenvalue weighted by Gasteiger charge is 2.01. The Hall–Kier alpha value is -2.44. The van der Waals surface area contributed by atoms with Crippen molar-refractivity contribution in [1.82, 2.24) is 9.97 Å². The van der Waals surface area contributed by atoms with Crippen molar-refractivity contribution in [3.05, 3.63) is 78.0 Å². The molecular formula is C42H79F2N3O. The molecule has 1 rings (SSSR count). The molecule has 0 aliphatic rings. The van der Waals surface area contributed by atoms with E-state index in [0.717, 1.165) is 53.9 Å². The molecule has 1 unspecified atom stereocenters. The molecule has 3 N–H and O–H groups in total. The minimum Gasteiger partial charge on any atom is -0.396 e. The smallest absolute Gasteiger partial charge is 0.159 e. The predicted octanol–water partition coefficient (Wildman–Crippen LogP) is 13.6. The van der Waals surface area contributed by atoms with Gasteiger partial charge in [-0.3, -0.25) is 4.98 Å². The summed E-state index contributed by atoms with van der Waals surface area (Å²) in [5.74, 6) is 0.0751. The van der Waals surface area contributed by atoms with Crippen LogP contribution in [-0.4, -0.2) is 28.7 Å². The van der Waals surface area contributed by atoms with E-state index in [1.54, 1.807) is 0 Å². The van der Waals surface area contributed by atoms with Gasteiger partial charge < -0.3 is 10.8 Å². The first-order valence-corrected chi connectivity index (χ1v) is 18.5. The fourth-order valence-corrected chi connectivity index (χ4v) is 3.85. The highest BCUT2D eigenvalue weighted by molar-refractivity contribution is 5.59. The van der Waals surface area contributed by atoms with Gasteiger partial charge in [-0.2, -0.15) is 0 Å². The van der Waals surface area contributed by atoms with Crippen LogP contribution in [0.1, 0.15) is 163 Å². The predicted molar refractivity (Wildman–Crippen MR) is 214 cm³/mol. The minimum absolute atomic E-state index is 0.319. The largest absolute Gasteiger partial charge is 0.396 e. The highest BCUT2D eigenvalue weighted by atomic mass is 19.2. The third-order valence-electron chi connectivity index (χ3n) is 7.28. The maximum atomic E-state index is 12.7. The first-order valence-electron chi connectivity index (χ1n) is 18.5. The number of allylic oxidation sites excluding steroid dienone is 8. The summed E-state index contributed by atoms with van der Waals surface area (Å²) in [5.41, 5.74) is 9.38. The maximum absolute atomic E-state index is 12.7. The highest BCUT2D eigenvalue weighted by Crippen LogP contribution is 2.15. The van der Waals surface area contributed by atoms with Crippen LogP contribution in [0, 0.1) is 25.7 Å². The van der Waals surface area contributed by atoms with Crippen molar-refractivity contribution in [2.45, 2.75) is 160 Å². The summed E-state index contributed by atoms with van der Waals surface area (Å²) in [6, 6.07) is 0. The number of aryl methyl sites for hydroxylation is 2. The number of nitrogens with zero attached hydrogens (tertiary/aromatic N) is 2. The second-order valence-electron chi connectivity index (χ2n) is 11.8. The van der Waals surface area contributed by atoms with Crippen molar-refractivity contribution in [1.29, 1.82) is 0 Å². The molecule has 0 aliphatic heterocycles. The molecule has 0 fully saturated rings. The zero-order valence-electron chi connectivity index (χ0n) is 33.8. The molecule has 0 amide bonds. The first-order chi connectivity index (χ1) is 22.8. The number of nitrogens with two attached hydrogens (primary N) is 1. The number of unbranched alkanes of at least 4 members (excludes halogenated alkanes) is 2. The SMILES string of the molecule is C=C/C(=C\C(F)=C(\F)C=C)CC.CC/C=C(/C)c1cnc(C)c(C)n1.CCCC(C)CCC.CCCCCC(C)CC.CCCO.CN. The first kappa shape index (κ1) is 55.0. The lowest BCUT2D eigenvalue weighted by atomic mass is 10.0. The quantitative estimate of drug-likeness (QED) is 0.135. The zero-order chi connectivity index (χ0) is 38.3. The Morgan fingerprint density at radius 2 is 1.35 bits per heavy atom. The van der Waals surface area contributed by atoms with Gasteiger partial charge in [0.05, 0.1) is 23.3 Å². The molecule has 6 heteroatoms. The van der Waals surface area contributed by atoms with E-state index in [0.29, 0.717) is 18.6 Å². The molecule has 1 heterocycles. The molecule has 0 radical (unpaired) electrons. The van der Waals surface area contributed by atoms with Gasteiger partial charge in [0.25, 0.3) is 0 Å². The van der Waals surface area contributed by atoms with Gasteiger partial charge in [-0.15, -0.1) is 0 Å². The van der Waals surface area contributed by atoms with Gasteiger partial charge in [0.1, 0.15) is 0 Å². The normalized spacial score (nSPS) is 11.7. The van der Waals surface area contributed by atoms with Gasteiger partial charge in [-0.1, -0.05) is 145 Å². The Morgan fingerprint density at radius 3 is 1.71 bits per heavy atom. The zero-order valence-corrected chi connectivity index (χ0v) is 33.8. The van der Waals surface area contributed by atoms with Crippen LogP contribution >= 0.6 is 0 Å². The van der Waals surface area contributed by atoms with Crippen LogP contribution in [-0.2, 0) is 0 Å².